The number of allylic oxidation sites excluding steroid dienone is 2. The van der Waals surface area contributed by atoms with E-state index >= 15 is 0 Å². The van der Waals surface area contributed by atoms with Crippen molar-refractivity contribution in [3.63, 3.8) is 0 Å². The fourth-order valence-corrected chi connectivity index (χ4v) is 4.12. The first-order valence-corrected chi connectivity index (χ1v) is 13.3. The molecule has 0 aromatic carbocycles. The molecule has 4 nitrogen and oxygen atoms in total. The van der Waals surface area contributed by atoms with E-state index in [1.54, 1.807) is 0 Å². The van der Waals surface area contributed by atoms with Crippen LogP contribution in [0.1, 0.15) is 135 Å². The van der Waals surface area contributed by atoms with Crippen molar-refractivity contribution >= 4 is 11.9 Å². The number of ether oxygens (including phenoxy) is 1. The highest BCUT2D eigenvalue weighted by Gasteiger charge is 2.28. The lowest BCUT2D eigenvalue weighted by molar-refractivity contribution is -0.146. The van der Waals surface area contributed by atoms with E-state index in [1.165, 1.54) is 103 Å². The molecule has 0 bridgehead atoms. The summed E-state index contributed by atoms with van der Waals surface area (Å²) in [5, 5.41) is 2.65. The molecule has 0 aromatic rings. The SMILES string of the molecule is CCCCCCCCCCCCC/C=C/CCCCCCCOC(=O)[C@@H]1CCC(=O)N1. The monoisotopic (exact) mass is 435 g/mol. The third-order valence-electron chi connectivity index (χ3n) is 6.18. The smallest absolute Gasteiger partial charge is 0.328 e. The first kappa shape index (κ1) is 27.7. The Labute approximate surface area is 192 Å². The molecule has 0 radical (unpaired) electrons. The zero-order chi connectivity index (χ0) is 22.4. The summed E-state index contributed by atoms with van der Waals surface area (Å²) >= 11 is 0. The Morgan fingerprint density at radius 3 is 1.77 bits per heavy atom. The minimum absolute atomic E-state index is 0.0465. The summed E-state index contributed by atoms with van der Waals surface area (Å²) in [6.07, 6.45) is 29.4. The summed E-state index contributed by atoms with van der Waals surface area (Å²) in [5.41, 5.74) is 0. The quantitative estimate of drug-likeness (QED) is 0.116. The number of unbranched alkanes of at least 4 members (excludes halogenated alkanes) is 16. The van der Waals surface area contributed by atoms with Gasteiger partial charge in [-0.05, 0) is 38.5 Å². The number of hydrogen-bond acceptors (Lipinski definition) is 3. The lowest BCUT2D eigenvalue weighted by atomic mass is 10.1. The molecule has 180 valence electrons. The van der Waals surface area contributed by atoms with Crippen molar-refractivity contribution in [3.8, 4) is 0 Å². The van der Waals surface area contributed by atoms with Crippen molar-refractivity contribution in [2.75, 3.05) is 6.61 Å². The summed E-state index contributed by atoms with van der Waals surface area (Å²) in [6, 6.07) is -0.413. The second kappa shape index (κ2) is 20.6. The first-order valence-electron chi connectivity index (χ1n) is 13.3. The largest absolute Gasteiger partial charge is 0.464 e. The Hall–Kier alpha value is -1.32. The van der Waals surface area contributed by atoms with E-state index in [1.807, 2.05) is 0 Å². The Bertz CT molecular complexity index is 475. The molecule has 0 aromatic heterocycles. The number of esters is 1. The lowest BCUT2D eigenvalue weighted by Crippen LogP contribution is -2.34. The molecule has 1 aliphatic rings. The molecule has 1 N–H and O–H groups in total. The standard InChI is InChI=1S/C27H49NO3/c1-2-3-4-5-6-7-8-9-10-11-12-13-14-15-16-17-18-19-20-21-24-31-27(30)25-22-23-26(29)28-25/h14-15,25H,2-13,16-24H2,1H3,(H,28,29)/b15-14+/t25-/m0/s1. The first-order chi connectivity index (χ1) is 15.2. The van der Waals surface area contributed by atoms with Crippen LogP contribution in [0.3, 0.4) is 0 Å². The highest BCUT2D eigenvalue weighted by molar-refractivity contribution is 5.87. The van der Waals surface area contributed by atoms with Gasteiger partial charge in [0.2, 0.25) is 5.91 Å². The van der Waals surface area contributed by atoms with Gasteiger partial charge in [0.15, 0.2) is 0 Å². The molecule has 1 saturated heterocycles. The van der Waals surface area contributed by atoms with Crippen molar-refractivity contribution in [2.45, 2.75) is 141 Å². The summed E-state index contributed by atoms with van der Waals surface area (Å²) in [5.74, 6) is -0.316. The highest BCUT2D eigenvalue weighted by Crippen LogP contribution is 2.13. The zero-order valence-electron chi connectivity index (χ0n) is 20.3. The molecule has 1 aliphatic heterocycles. The van der Waals surface area contributed by atoms with Gasteiger partial charge in [0.05, 0.1) is 6.61 Å². The van der Waals surface area contributed by atoms with E-state index < -0.39 is 6.04 Å². The zero-order valence-corrected chi connectivity index (χ0v) is 20.3. The molecule has 0 aliphatic carbocycles. The third-order valence-corrected chi connectivity index (χ3v) is 6.18. The summed E-state index contributed by atoms with van der Waals surface area (Å²) in [7, 11) is 0. The van der Waals surface area contributed by atoms with E-state index in [0.717, 1.165) is 12.8 Å². The lowest BCUT2D eigenvalue weighted by Gasteiger charge is -2.09. The van der Waals surface area contributed by atoms with Gasteiger partial charge >= 0.3 is 5.97 Å². The second-order valence-electron chi connectivity index (χ2n) is 9.18. The Kier molecular flexibility index (Phi) is 18.4. The van der Waals surface area contributed by atoms with Crippen LogP contribution in [0.25, 0.3) is 0 Å². The number of hydrogen-bond donors (Lipinski definition) is 1. The van der Waals surface area contributed by atoms with Crippen LogP contribution in [0.5, 0.6) is 0 Å². The van der Waals surface area contributed by atoms with E-state index in [9.17, 15) is 9.59 Å². The molecule has 0 spiro atoms. The van der Waals surface area contributed by atoms with E-state index in [4.69, 9.17) is 4.74 Å². The molecule has 1 fully saturated rings. The van der Waals surface area contributed by atoms with Gasteiger partial charge in [-0.25, -0.2) is 4.79 Å². The fraction of sp³-hybridized carbons (Fsp3) is 0.852. The second-order valence-corrected chi connectivity index (χ2v) is 9.18. The average molecular weight is 436 g/mol. The van der Waals surface area contributed by atoms with Crippen LogP contribution in [0.2, 0.25) is 0 Å². The topological polar surface area (TPSA) is 55.4 Å². The molecule has 1 heterocycles. The van der Waals surface area contributed by atoms with Crippen molar-refractivity contribution in [1.29, 1.82) is 0 Å². The molecular weight excluding hydrogens is 386 g/mol. The van der Waals surface area contributed by atoms with Crippen LogP contribution < -0.4 is 5.32 Å². The van der Waals surface area contributed by atoms with Crippen molar-refractivity contribution in [1.82, 2.24) is 5.32 Å². The van der Waals surface area contributed by atoms with Gasteiger partial charge in [-0.15, -0.1) is 0 Å². The minimum Gasteiger partial charge on any atom is -0.464 e. The number of rotatable bonds is 21. The molecular formula is C27H49NO3. The number of carbonyl (C=O) groups is 2. The molecule has 31 heavy (non-hydrogen) atoms. The molecule has 0 unspecified atom stereocenters. The maximum Gasteiger partial charge on any atom is 0.328 e. The van der Waals surface area contributed by atoms with Crippen LogP contribution >= 0.6 is 0 Å². The molecule has 1 amide bonds. The van der Waals surface area contributed by atoms with Gasteiger partial charge < -0.3 is 10.1 Å². The predicted molar refractivity (Wildman–Crippen MR) is 130 cm³/mol. The maximum absolute atomic E-state index is 11.7. The van der Waals surface area contributed by atoms with Crippen LogP contribution in [-0.4, -0.2) is 24.5 Å². The average Bonchev–Trinajstić information content (AvgIpc) is 3.21. The van der Waals surface area contributed by atoms with Crippen LogP contribution in [0, 0.1) is 0 Å². The van der Waals surface area contributed by atoms with Crippen molar-refractivity contribution in [2.24, 2.45) is 0 Å². The fourth-order valence-electron chi connectivity index (χ4n) is 4.12. The number of nitrogens with one attached hydrogen (secondary N) is 1. The Morgan fingerprint density at radius 1 is 0.806 bits per heavy atom. The van der Waals surface area contributed by atoms with Gasteiger partial charge in [-0.1, -0.05) is 103 Å². The minimum atomic E-state index is -0.413. The maximum atomic E-state index is 11.7. The van der Waals surface area contributed by atoms with Gasteiger partial charge in [0.25, 0.3) is 0 Å². The summed E-state index contributed by atoms with van der Waals surface area (Å²) in [6.45, 7) is 2.76. The van der Waals surface area contributed by atoms with Crippen molar-refractivity contribution < 1.29 is 14.3 Å². The normalized spacial score (nSPS) is 16.2. The molecule has 1 rings (SSSR count). The Balaban J connectivity index is 1.73. The van der Waals surface area contributed by atoms with E-state index in [2.05, 4.69) is 24.4 Å². The summed E-state index contributed by atoms with van der Waals surface area (Å²) < 4.78 is 5.25. The van der Waals surface area contributed by atoms with Crippen molar-refractivity contribution in [3.05, 3.63) is 12.2 Å². The van der Waals surface area contributed by atoms with E-state index in [-0.39, 0.29) is 11.9 Å². The van der Waals surface area contributed by atoms with Crippen LogP contribution in [0.4, 0.5) is 0 Å². The summed E-state index contributed by atoms with van der Waals surface area (Å²) in [4.78, 5) is 22.8. The molecule has 1 atom stereocenters. The third kappa shape index (κ3) is 17.0. The van der Waals surface area contributed by atoms with Gasteiger partial charge in [-0.2, -0.15) is 0 Å². The Morgan fingerprint density at radius 2 is 1.29 bits per heavy atom. The highest BCUT2D eigenvalue weighted by atomic mass is 16.5. The van der Waals surface area contributed by atoms with E-state index in [0.29, 0.717) is 19.4 Å². The number of amides is 1. The van der Waals surface area contributed by atoms with Gasteiger partial charge in [0.1, 0.15) is 6.04 Å². The molecule has 4 heteroatoms. The van der Waals surface area contributed by atoms with Gasteiger partial charge in [0, 0.05) is 6.42 Å². The molecule has 0 saturated carbocycles. The predicted octanol–water partition coefficient (Wildman–Crippen LogP) is 7.41. The van der Waals surface area contributed by atoms with Crippen LogP contribution in [-0.2, 0) is 14.3 Å². The van der Waals surface area contributed by atoms with Crippen LogP contribution in [0.15, 0.2) is 12.2 Å². The van der Waals surface area contributed by atoms with Gasteiger partial charge in [-0.3, -0.25) is 4.79 Å². The number of carbonyl (C=O) groups excluding carboxylic acids is 2.